The highest BCUT2D eigenvalue weighted by atomic mass is 16.5. The number of piperidine rings is 1. The fourth-order valence-electron chi connectivity index (χ4n) is 2.95. The molecule has 0 amide bonds. The first-order valence-electron chi connectivity index (χ1n) is 8.26. The van der Waals surface area contributed by atoms with Crippen LogP contribution < -0.4 is 5.32 Å². The molecule has 124 valence electrons. The number of esters is 1. The summed E-state index contributed by atoms with van der Waals surface area (Å²) in [6.45, 7) is 3.69. The van der Waals surface area contributed by atoms with Crippen molar-refractivity contribution in [2.45, 2.75) is 26.2 Å². The Morgan fingerprint density at radius 1 is 1.33 bits per heavy atom. The first kappa shape index (κ1) is 16.1. The van der Waals surface area contributed by atoms with E-state index < -0.39 is 5.97 Å². The highest BCUT2D eigenvalue weighted by molar-refractivity contribution is 6.12. The van der Waals surface area contributed by atoms with Gasteiger partial charge < -0.3 is 15.0 Å². The van der Waals surface area contributed by atoms with E-state index >= 15 is 0 Å². The summed E-state index contributed by atoms with van der Waals surface area (Å²) in [4.78, 5) is 19.1. The number of carbonyl (C=O) groups is 1. The van der Waals surface area contributed by atoms with E-state index in [-0.39, 0.29) is 12.2 Å². The van der Waals surface area contributed by atoms with E-state index in [9.17, 15) is 10.1 Å². The van der Waals surface area contributed by atoms with Crippen LogP contribution in [0.15, 0.2) is 40.5 Å². The number of fused-ring (bicyclic) bond motifs is 1. The molecule has 0 atom stereocenters. The molecular formula is C18H20N4O2. The third-order valence-electron chi connectivity index (χ3n) is 4.11. The van der Waals surface area contributed by atoms with Crippen molar-refractivity contribution in [2.24, 2.45) is 4.99 Å². The smallest absolute Gasteiger partial charge is 0.351 e. The molecule has 1 N–H and O–H groups in total. The topological polar surface area (TPSA) is 77.7 Å². The van der Waals surface area contributed by atoms with Gasteiger partial charge in [0.25, 0.3) is 0 Å². The van der Waals surface area contributed by atoms with Gasteiger partial charge in [0.1, 0.15) is 11.8 Å². The van der Waals surface area contributed by atoms with Gasteiger partial charge in [0.15, 0.2) is 11.4 Å². The molecule has 1 aromatic rings. The van der Waals surface area contributed by atoms with Gasteiger partial charge in [-0.15, -0.1) is 0 Å². The van der Waals surface area contributed by atoms with Gasteiger partial charge in [-0.2, -0.15) is 5.26 Å². The molecule has 24 heavy (non-hydrogen) atoms. The summed E-state index contributed by atoms with van der Waals surface area (Å²) in [6, 6.07) is 9.60. The van der Waals surface area contributed by atoms with Gasteiger partial charge in [0.2, 0.25) is 0 Å². The number of benzene rings is 1. The Morgan fingerprint density at radius 2 is 2.08 bits per heavy atom. The minimum Gasteiger partial charge on any atom is -0.462 e. The van der Waals surface area contributed by atoms with Gasteiger partial charge >= 0.3 is 5.97 Å². The summed E-state index contributed by atoms with van der Waals surface area (Å²) in [7, 11) is 0. The van der Waals surface area contributed by atoms with Gasteiger partial charge in [-0.05, 0) is 38.3 Å². The molecule has 0 spiro atoms. The molecule has 1 aromatic carbocycles. The second kappa shape index (κ2) is 7.18. The number of carbonyl (C=O) groups excluding carboxylic acids is 1. The second-order valence-corrected chi connectivity index (χ2v) is 5.71. The van der Waals surface area contributed by atoms with Crippen LogP contribution in [0, 0.1) is 11.3 Å². The molecule has 0 saturated carbocycles. The predicted molar refractivity (Wildman–Crippen MR) is 91.9 cm³/mol. The number of ether oxygens (including phenoxy) is 1. The van der Waals surface area contributed by atoms with E-state index in [4.69, 9.17) is 9.73 Å². The second-order valence-electron chi connectivity index (χ2n) is 5.71. The number of likely N-dealkylation sites (tertiary alicyclic amines) is 1. The van der Waals surface area contributed by atoms with Crippen molar-refractivity contribution in [2.75, 3.05) is 25.0 Å². The van der Waals surface area contributed by atoms with Crippen LogP contribution in [0.5, 0.6) is 0 Å². The van der Waals surface area contributed by atoms with Crippen LogP contribution in [0.2, 0.25) is 0 Å². The molecule has 0 aromatic heterocycles. The Labute approximate surface area is 141 Å². The number of para-hydroxylation sites is 2. The van der Waals surface area contributed by atoms with Crippen molar-refractivity contribution in [3.8, 4) is 6.07 Å². The zero-order valence-electron chi connectivity index (χ0n) is 13.7. The van der Waals surface area contributed by atoms with Crippen molar-refractivity contribution >= 4 is 23.2 Å². The maximum absolute atomic E-state index is 12.2. The van der Waals surface area contributed by atoms with E-state index in [0.29, 0.717) is 11.5 Å². The summed E-state index contributed by atoms with van der Waals surface area (Å²) in [5.74, 6) is 0.0320. The maximum atomic E-state index is 12.2. The zero-order chi connectivity index (χ0) is 16.9. The quantitative estimate of drug-likeness (QED) is 0.514. The Balaban J connectivity index is 2.09. The number of nitrogens with zero attached hydrogens (tertiary/aromatic N) is 3. The summed E-state index contributed by atoms with van der Waals surface area (Å²) in [5, 5.41) is 12.7. The standard InChI is InChI=1S/C18H20N4O2/c1-2-24-18(23)13(12-19)16-17(22-10-6-3-7-11-22)21-15-9-5-4-8-14(15)20-16/h4-5,8-9,20H,2-3,6-7,10-11H2,1H3/b16-13-. The van der Waals surface area contributed by atoms with E-state index in [1.807, 2.05) is 30.3 Å². The van der Waals surface area contributed by atoms with Crippen LogP contribution in [0.3, 0.4) is 0 Å². The van der Waals surface area contributed by atoms with Gasteiger partial charge in [-0.25, -0.2) is 9.79 Å². The molecule has 1 fully saturated rings. The number of anilines is 1. The van der Waals surface area contributed by atoms with E-state index in [2.05, 4.69) is 10.2 Å². The first-order chi connectivity index (χ1) is 11.7. The van der Waals surface area contributed by atoms with Crippen molar-refractivity contribution < 1.29 is 9.53 Å². The van der Waals surface area contributed by atoms with Crippen LogP contribution in [0.1, 0.15) is 26.2 Å². The number of hydrogen-bond donors (Lipinski definition) is 1. The highest BCUT2D eigenvalue weighted by Crippen LogP contribution is 2.33. The monoisotopic (exact) mass is 324 g/mol. The van der Waals surface area contributed by atoms with Gasteiger partial charge in [0.05, 0.1) is 18.0 Å². The van der Waals surface area contributed by atoms with Crippen LogP contribution in [0.4, 0.5) is 11.4 Å². The van der Waals surface area contributed by atoms with Gasteiger partial charge in [-0.1, -0.05) is 12.1 Å². The normalized spacial score (nSPS) is 18.7. The summed E-state index contributed by atoms with van der Waals surface area (Å²) in [6.07, 6.45) is 3.35. The predicted octanol–water partition coefficient (Wildman–Crippen LogP) is 2.97. The van der Waals surface area contributed by atoms with Gasteiger partial charge in [-0.3, -0.25) is 0 Å². The minimum absolute atomic E-state index is 0.0318. The number of hydrogen-bond acceptors (Lipinski definition) is 6. The van der Waals surface area contributed by atoms with Crippen molar-refractivity contribution in [1.82, 2.24) is 4.90 Å². The largest absolute Gasteiger partial charge is 0.462 e. The van der Waals surface area contributed by atoms with Crippen molar-refractivity contribution in [1.29, 1.82) is 5.26 Å². The fourth-order valence-corrected chi connectivity index (χ4v) is 2.95. The SMILES string of the molecule is CCOC(=O)/C(C#N)=C1\Nc2ccccc2N=C1N1CCCCC1. The number of nitrogens with one attached hydrogen (secondary N) is 1. The molecule has 2 aliphatic rings. The number of rotatable bonds is 2. The average molecular weight is 324 g/mol. The Morgan fingerprint density at radius 3 is 2.79 bits per heavy atom. The molecule has 1 saturated heterocycles. The summed E-state index contributed by atoms with van der Waals surface area (Å²) >= 11 is 0. The van der Waals surface area contributed by atoms with E-state index in [0.717, 1.165) is 37.3 Å². The molecule has 2 heterocycles. The first-order valence-corrected chi connectivity index (χ1v) is 8.26. The van der Waals surface area contributed by atoms with Gasteiger partial charge in [0, 0.05) is 13.1 Å². The third kappa shape index (κ3) is 3.11. The molecule has 0 unspecified atom stereocenters. The van der Waals surface area contributed by atoms with E-state index in [1.54, 1.807) is 6.92 Å². The summed E-state index contributed by atoms with van der Waals surface area (Å²) < 4.78 is 5.04. The average Bonchev–Trinajstić information content (AvgIpc) is 2.63. The lowest BCUT2D eigenvalue weighted by Crippen LogP contribution is -2.40. The lowest BCUT2D eigenvalue weighted by atomic mass is 10.1. The highest BCUT2D eigenvalue weighted by Gasteiger charge is 2.29. The fraction of sp³-hybridized carbons (Fsp3) is 0.389. The molecule has 6 heteroatoms. The van der Waals surface area contributed by atoms with E-state index in [1.165, 1.54) is 6.42 Å². The lowest BCUT2D eigenvalue weighted by molar-refractivity contribution is -0.138. The van der Waals surface area contributed by atoms with Crippen LogP contribution in [-0.2, 0) is 9.53 Å². The number of nitriles is 1. The molecular weight excluding hydrogens is 304 g/mol. The minimum atomic E-state index is -0.619. The zero-order valence-corrected chi connectivity index (χ0v) is 13.7. The molecule has 0 aliphatic carbocycles. The number of amidine groups is 1. The van der Waals surface area contributed by atoms with Crippen molar-refractivity contribution in [3.63, 3.8) is 0 Å². The van der Waals surface area contributed by atoms with Crippen LogP contribution >= 0.6 is 0 Å². The van der Waals surface area contributed by atoms with Crippen molar-refractivity contribution in [3.05, 3.63) is 35.5 Å². The Bertz CT molecular complexity index is 740. The molecule has 3 rings (SSSR count). The molecule has 2 aliphatic heterocycles. The number of aliphatic imine (C=N–C) groups is 1. The maximum Gasteiger partial charge on any atom is 0.351 e. The molecule has 0 bridgehead atoms. The van der Waals surface area contributed by atoms with Crippen LogP contribution in [-0.4, -0.2) is 36.4 Å². The molecule has 0 radical (unpaired) electrons. The summed E-state index contributed by atoms with van der Waals surface area (Å²) in [5.41, 5.74) is 2.00. The Kier molecular flexibility index (Phi) is 4.80. The molecule has 6 nitrogen and oxygen atoms in total. The lowest BCUT2D eigenvalue weighted by Gasteiger charge is -2.33. The van der Waals surface area contributed by atoms with Crippen LogP contribution in [0.25, 0.3) is 0 Å². The Hall–Kier alpha value is -2.81. The third-order valence-corrected chi connectivity index (χ3v) is 4.11.